The smallest absolute Gasteiger partial charge is 0.293 e. The highest BCUT2D eigenvalue weighted by atomic mass is 35.5. The number of likely N-dealkylation sites (N-methyl/N-ethyl adjacent to an activating group) is 1. The van der Waals surface area contributed by atoms with Gasteiger partial charge in [-0.25, -0.2) is 4.98 Å². The molecule has 1 atom stereocenters. The van der Waals surface area contributed by atoms with Crippen molar-refractivity contribution in [2.75, 3.05) is 44.0 Å². The Bertz CT molecular complexity index is 2180. The molecule has 0 bridgehead atoms. The molecule has 4 amide bonds. The average molecular weight is 742 g/mol. The number of hydrogen-bond donors (Lipinski definition) is 3. The lowest BCUT2D eigenvalue weighted by atomic mass is 10.0. The number of nitrogens with zero attached hydrogens (tertiary/aromatic N) is 6. The number of ether oxygens (including phenoxy) is 1. The molecule has 276 valence electrons. The lowest BCUT2D eigenvalue weighted by Gasteiger charge is -2.37. The van der Waals surface area contributed by atoms with E-state index >= 15 is 0 Å². The van der Waals surface area contributed by atoms with Crippen LogP contribution in [0.5, 0.6) is 5.75 Å². The minimum absolute atomic E-state index is 0.0688. The molecule has 4 aromatic rings. The Labute approximate surface area is 310 Å². The first-order chi connectivity index (χ1) is 25.5. The van der Waals surface area contributed by atoms with Crippen LogP contribution in [-0.2, 0) is 34.5 Å². The number of aromatic nitrogens is 3. The van der Waals surface area contributed by atoms with Gasteiger partial charge in [0.25, 0.3) is 17.4 Å². The van der Waals surface area contributed by atoms with E-state index in [9.17, 15) is 24.0 Å². The van der Waals surface area contributed by atoms with Crippen molar-refractivity contribution in [1.29, 1.82) is 0 Å². The number of amides is 4. The summed E-state index contributed by atoms with van der Waals surface area (Å²) >= 11 is 6.54. The van der Waals surface area contributed by atoms with Gasteiger partial charge in [0.2, 0.25) is 17.8 Å². The summed E-state index contributed by atoms with van der Waals surface area (Å²) in [7, 11) is 5.25. The second-order valence-electron chi connectivity index (χ2n) is 13.6. The molecule has 0 saturated carbocycles. The number of anilines is 3. The first-order valence-corrected chi connectivity index (χ1v) is 17.8. The molecule has 16 heteroatoms. The number of imide groups is 1. The van der Waals surface area contributed by atoms with Gasteiger partial charge in [0.15, 0.2) is 18.2 Å². The predicted molar refractivity (Wildman–Crippen MR) is 198 cm³/mol. The van der Waals surface area contributed by atoms with E-state index in [0.29, 0.717) is 59.1 Å². The zero-order chi connectivity index (χ0) is 37.4. The number of aryl methyl sites for hydroxylation is 1. The summed E-state index contributed by atoms with van der Waals surface area (Å²) in [6.45, 7) is 2.29. The van der Waals surface area contributed by atoms with Crippen molar-refractivity contribution in [2.45, 2.75) is 50.9 Å². The summed E-state index contributed by atoms with van der Waals surface area (Å²) < 4.78 is 6.96. The number of nitrogens with one attached hydrogen (secondary N) is 3. The lowest BCUT2D eigenvalue weighted by Crippen LogP contribution is -2.52. The van der Waals surface area contributed by atoms with Gasteiger partial charge in [-0.2, -0.15) is 4.98 Å². The largest absolute Gasteiger partial charge is 0.478 e. The number of pyridine rings is 1. The van der Waals surface area contributed by atoms with Gasteiger partial charge < -0.3 is 29.7 Å². The zero-order valence-electron chi connectivity index (χ0n) is 29.6. The molecule has 2 saturated heterocycles. The van der Waals surface area contributed by atoms with Crippen LogP contribution < -0.4 is 31.1 Å². The minimum atomic E-state index is -0.631. The van der Waals surface area contributed by atoms with Crippen LogP contribution in [0.3, 0.4) is 0 Å². The predicted octanol–water partition coefficient (Wildman–Crippen LogP) is 2.71. The summed E-state index contributed by atoms with van der Waals surface area (Å²) in [6.07, 6.45) is 3.94. The first-order valence-electron chi connectivity index (χ1n) is 17.5. The van der Waals surface area contributed by atoms with Gasteiger partial charge in [-0.15, -0.1) is 0 Å². The van der Waals surface area contributed by atoms with Crippen LogP contribution in [0.4, 0.5) is 17.5 Å². The summed E-state index contributed by atoms with van der Waals surface area (Å²) in [6, 6.07) is 12.7. The third-order valence-electron chi connectivity index (χ3n) is 10.2. The normalized spacial score (nSPS) is 17.7. The molecule has 2 fully saturated rings. The standard InChI is InChI=1S/C37H40ClN9O6/c1-39-32(49)20-53-30-16-22-15-24(5-7-28(22)45(3)36(30)52)41-33-27(38)17-40-37(43-33)46-12-10-25(11-13-46)44(2)18-21-4-6-26-23(14-21)19-47(35(26)51)29-8-9-31(48)42-34(29)50/h4-7,14-17,25,29H,8-13,18-20H2,1-3H3,(H,39,49)(H,40,41,43)(H,42,48,50). The zero-order valence-corrected chi connectivity index (χ0v) is 30.4. The van der Waals surface area contributed by atoms with Crippen molar-refractivity contribution >= 4 is 63.6 Å². The Balaban J connectivity index is 0.970. The van der Waals surface area contributed by atoms with Crippen molar-refractivity contribution in [3.05, 3.63) is 80.7 Å². The summed E-state index contributed by atoms with van der Waals surface area (Å²) in [5.74, 6) is -0.144. The Morgan fingerprint density at radius 2 is 1.87 bits per heavy atom. The highest BCUT2D eigenvalue weighted by Crippen LogP contribution is 2.31. The van der Waals surface area contributed by atoms with Gasteiger partial charge in [0.05, 0.1) is 11.7 Å². The van der Waals surface area contributed by atoms with Crippen LogP contribution in [0.15, 0.2) is 53.5 Å². The molecule has 3 aliphatic heterocycles. The van der Waals surface area contributed by atoms with Gasteiger partial charge in [0, 0.05) is 69.4 Å². The van der Waals surface area contributed by atoms with Gasteiger partial charge in [-0.1, -0.05) is 23.7 Å². The van der Waals surface area contributed by atoms with Gasteiger partial charge in [0.1, 0.15) is 11.1 Å². The van der Waals surface area contributed by atoms with E-state index in [-0.39, 0.29) is 42.1 Å². The van der Waals surface area contributed by atoms with Crippen LogP contribution in [0.25, 0.3) is 10.9 Å². The van der Waals surface area contributed by atoms with Crippen LogP contribution in [0.2, 0.25) is 5.02 Å². The molecule has 5 heterocycles. The number of carbonyl (C=O) groups excluding carboxylic acids is 4. The monoisotopic (exact) mass is 741 g/mol. The molecule has 53 heavy (non-hydrogen) atoms. The second-order valence-corrected chi connectivity index (χ2v) is 14.0. The van der Waals surface area contributed by atoms with E-state index in [1.807, 2.05) is 30.3 Å². The van der Waals surface area contributed by atoms with E-state index in [4.69, 9.17) is 21.3 Å². The van der Waals surface area contributed by atoms with Crippen molar-refractivity contribution in [2.24, 2.45) is 7.05 Å². The maximum Gasteiger partial charge on any atom is 0.293 e. The maximum atomic E-state index is 13.1. The van der Waals surface area contributed by atoms with E-state index in [0.717, 1.165) is 42.4 Å². The minimum Gasteiger partial charge on any atom is -0.478 e. The molecule has 15 nitrogen and oxygen atoms in total. The fraction of sp³-hybridized carbons (Fsp3) is 0.378. The van der Waals surface area contributed by atoms with Crippen LogP contribution >= 0.6 is 11.6 Å². The van der Waals surface area contributed by atoms with Crippen molar-refractivity contribution in [3.63, 3.8) is 0 Å². The summed E-state index contributed by atoms with van der Waals surface area (Å²) in [5.41, 5.74) is 3.64. The van der Waals surface area contributed by atoms with E-state index in [1.165, 1.54) is 11.6 Å². The fourth-order valence-electron chi connectivity index (χ4n) is 7.23. The number of piperidine rings is 2. The number of hydrogen-bond acceptors (Lipinski definition) is 11. The molecule has 2 aromatic carbocycles. The highest BCUT2D eigenvalue weighted by molar-refractivity contribution is 6.33. The highest BCUT2D eigenvalue weighted by Gasteiger charge is 2.39. The van der Waals surface area contributed by atoms with Crippen molar-refractivity contribution in [3.8, 4) is 5.75 Å². The molecular weight excluding hydrogens is 702 g/mol. The quantitative estimate of drug-likeness (QED) is 0.204. The molecular formula is C37H40ClN9O6. The number of carbonyl (C=O) groups is 4. The molecule has 7 rings (SSSR count). The molecule has 1 unspecified atom stereocenters. The van der Waals surface area contributed by atoms with E-state index in [2.05, 4.69) is 43.8 Å². The van der Waals surface area contributed by atoms with E-state index in [1.54, 1.807) is 24.2 Å². The third-order valence-corrected chi connectivity index (χ3v) is 10.5. The van der Waals surface area contributed by atoms with Crippen LogP contribution in [-0.4, -0.2) is 93.8 Å². The Morgan fingerprint density at radius 1 is 1.08 bits per heavy atom. The molecule has 3 N–H and O–H groups in total. The molecule has 0 spiro atoms. The lowest BCUT2D eigenvalue weighted by molar-refractivity contribution is -0.137. The second kappa shape index (κ2) is 14.8. The number of rotatable bonds is 10. The van der Waals surface area contributed by atoms with Gasteiger partial charge in [-0.05, 0) is 67.8 Å². The van der Waals surface area contributed by atoms with E-state index < -0.39 is 11.9 Å². The SMILES string of the molecule is CNC(=O)COc1cc2cc(Nc3nc(N4CCC(N(C)Cc5ccc6c(c5)CN(C5CCC(=O)NC5=O)C6=O)CC4)ncc3Cl)ccc2n(C)c1=O. The Morgan fingerprint density at radius 3 is 2.62 bits per heavy atom. The van der Waals surface area contributed by atoms with Gasteiger partial charge >= 0.3 is 0 Å². The number of halogens is 1. The van der Waals surface area contributed by atoms with Crippen molar-refractivity contribution < 1.29 is 23.9 Å². The van der Waals surface area contributed by atoms with Crippen LogP contribution in [0, 0.1) is 0 Å². The average Bonchev–Trinajstić information content (AvgIpc) is 3.47. The van der Waals surface area contributed by atoms with Crippen LogP contribution in [0.1, 0.15) is 47.2 Å². The summed E-state index contributed by atoms with van der Waals surface area (Å²) in [5, 5.41) is 9.20. The van der Waals surface area contributed by atoms with Crippen molar-refractivity contribution in [1.82, 2.24) is 35.0 Å². The molecule has 2 aromatic heterocycles. The van der Waals surface area contributed by atoms with Gasteiger partial charge in [-0.3, -0.25) is 34.2 Å². The fourth-order valence-corrected chi connectivity index (χ4v) is 7.37. The Hall–Kier alpha value is -5.54. The molecule has 3 aliphatic rings. The third kappa shape index (κ3) is 7.39. The summed E-state index contributed by atoms with van der Waals surface area (Å²) in [4.78, 5) is 76.9. The molecule has 0 aliphatic carbocycles. The number of fused-ring (bicyclic) bond motifs is 2. The molecule has 0 radical (unpaired) electrons. The number of benzene rings is 2. The topological polar surface area (TPSA) is 171 Å². The Kier molecular flexibility index (Phi) is 10.0. The maximum absolute atomic E-state index is 13.1. The first kappa shape index (κ1) is 35.8.